The lowest BCUT2D eigenvalue weighted by Crippen LogP contribution is -2.18. The van der Waals surface area contributed by atoms with Gasteiger partial charge in [0.05, 0.1) is 17.7 Å². The molecule has 0 spiro atoms. The highest BCUT2D eigenvalue weighted by Gasteiger charge is 2.25. The molecule has 2 aromatic rings. The van der Waals surface area contributed by atoms with Gasteiger partial charge in [-0.15, -0.1) is 11.3 Å². The molecule has 7 nitrogen and oxygen atoms in total. The highest BCUT2D eigenvalue weighted by atomic mass is 32.1. The molecule has 8 heteroatoms. The van der Waals surface area contributed by atoms with Crippen molar-refractivity contribution < 1.29 is 23.8 Å². The van der Waals surface area contributed by atoms with Crippen LogP contribution in [0.1, 0.15) is 33.3 Å². The van der Waals surface area contributed by atoms with Crippen LogP contribution in [0.2, 0.25) is 0 Å². The first-order chi connectivity index (χ1) is 13.0. The van der Waals surface area contributed by atoms with Crippen LogP contribution in [0.15, 0.2) is 29.8 Å². The minimum atomic E-state index is -0.601. The number of carbonyl (C=O) groups is 2. The van der Waals surface area contributed by atoms with E-state index in [9.17, 15) is 14.9 Å². The molecule has 2 heterocycles. The van der Waals surface area contributed by atoms with Crippen LogP contribution in [0, 0.1) is 11.3 Å². The number of para-hydroxylation sites is 1. The van der Waals surface area contributed by atoms with Gasteiger partial charge in [-0.3, -0.25) is 0 Å². The van der Waals surface area contributed by atoms with E-state index in [2.05, 4.69) is 0 Å². The van der Waals surface area contributed by atoms with Crippen molar-refractivity contribution in [3.8, 4) is 11.8 Å². The molecule has 2 N–H and O–H groups in total. The van der Waals surface area contributed by atoms with E-state index in [0.29, 0.717) is 11.3 Å². The van der Waals surface area contributed by atoms with Gasteiger partial charge < -0.3 is 19.9 Å². The number of esters is 2. The minimum absolute atomic E-state index is 0.0808. The summed E-state index contributed by atoms with van der Waals surface area (Å²) in [6.45, 7) is 1.68. The van der Waals surface area contributed by atoms with Gasteiger partial charge in [0.2, 0.25) is 0 Å². The first-order valence-electron chi connectivity index (χ1n) is 8.13. The van der Waals surface area contributed by atoms with Crippen LogP contribution in [0.3, 0.4) is 0 Å². The van der Waals surface area contributed by atoms with E-state index in [-0.39, 0.29) is 40.8 Å². The van der Waals surface area contributed by atoms with Gasteiger partial charge in [0.1, 0.15) is 34.9 Å². The van der Waals surface area contributed by atoms with Crippen molar-refractivity contribution in [3.05, 3.63) is 51.4 Å². The molecular formula is C19H16N2O5S. The van der Waals surface area contributed by atoms with Gasteiger partial charge in [-0.2, -0.15) is 5.26 Å². The molecule has 27 heavy (non-hydrogen) atoms. The van der Waals surface area contributed by atoms with Gasteiger partial charge in [-0.05, 0) is 19.1 Å². The SMILES string of the molecule is CCOC(=O)c1sc(N)c(C#N)c1COC(=O)C1=Cc2ccccc2OC1. The second-order valence-electron chi connectivity index (χ2n) is 5.55. The maximum Gasteiger partial charge on any atom is 0.348 e. The molecule has 0 atom stereocenters. The third kappa shape index (κ3) is 3.78. The van der Waals surface area contributed by atoms with Crippen molar-refractivity contribution in [3.63, 3.8) is 0 Å². The molecule has 0 saturated carbocycles. The Balaban J connectivity index is 1.79. The van der Waals surface area contributed by atoms with Gasteiger partial charge in [0, 0.05) is 11.1 Å². The molecule has 1 aliphatic rings. The topological polar surface area (TPSA) is 112 Å². The van der Waals surface area contributed by atoms with Gasteiger partial charge >= 0.3 is 11.9 Å². The van der Waals surface area contributed by atoms with Crippen LogP contribution >= 0.6 is 11.3 Å². The molecule has 138 valence electrons. The van der Waals surface area contributed by atoms with Crippen molar-refractivity contribution in [1.29, 1.82) is 5.26 Å². The molecule has 0 amide bonds. The summed E-state index contributed by atoms with van der Waals surface area (Å²) in [5.41, 5.74) is 7.30. The molecule has 0 fully saturated rings. The first-order valence-corrected chi connectivity index (χ1v) is 8.94. The van der Waals surface area contributed by atoms with Crippen molar-refractivity contribution in [1.82, 2.24) is 0 Å². The molecule has 0 bridgehead atoms. The zero-order chi connectivity index (χ0) is 19.4. The van der Waals surface area contributed by atoms with E-state index in [0.717, 1.165) is 16.9 Å². The number of hydrogen-bond acceptors (Lipinski definition) is 8. The van der Waals surface area contributed by atoms with Crippen molar-refractivity contribution in [2.75, 3.05) is 18.9 Å². The number of ether oxygens (including phenoxy) is 3. The molecule has 1 aromatic carbocycles. The van der Waals surface area contributed by atoms with Gasteiger partial charge in [0.15, 0.2) is 0 Å². The highest BCUT2D eigenvalue weighted by Crippen LogP contribution is 2.32. The number of nitrogens with two attached hydrogens (primary N) is 1. The summed E-state index contributed by atoms with van der Waals surface area (Å²) in [4.78, 5) is 24.6. The van der Waals surface area contributed by atoms with Gasteiger partial charge in [-0.25, -0.2) is 9.59 Å². The molecule has 1 aliphatic heterocycles. The first kappa shape index (κ1) is 18.5. The van der Waals surface area contributed by atoms with Gasteiger partial charge in [0.25, 0.3) is 0 Å². The standard InChI is InChI=1S/C19H16N2O5S/c1-2-24-19(23)16-14(13(8-20)17(21)27-16)10-26-18(22)12-7-11-5-3-4-6-15(11)25-9-12/h3-7H,2,9-10,21H2,1H3. The number of rotatable bonds is 5. The minimum Gasteiger partial charge on any atom is -0.488 e. The zero-order valence-electron chi connectivity index (χ0n) is 14.5. The predicted molar refractivity (Wildman–Crippen MR) is 99.1 cm³/mol. The van der Waals surface area contributed by atoms with Crippen molar-refractivity contribution >= 4 is 34.4 Å². The molecule has 0 saturated heterocycles. The number of nitrogen functional groups attached to an aromatic ring is 1. The third-order valence-corrected chi connectivity index (χ3v) is 4.89. The number of thiophene rings is 1. The van der Waals surface area contributed by atoms with Crippen LogP contribution in [0.25, 0.3) is 6.08 Å². The maximum absolute atomic E-state index is 12.4. The lowest BCUT2D eigenvalue weighted by Gasteiger charge is -2.17. The molecular weight excluding hydrogens is 368 g/mol. The van der Waals surface area contributed by atoms with Crippen LogP contribution in [-0.4, -0.2) is 25.2 Å². The maximum atomic E-state index is 12.4. The average Bonchev–Trinajstić information content (AvgIpc) is 3.01. The highest BCUT2D eigenvalue weighted by molar-refractivity contribution is 7.18. The normalized spacial score (nSPS) is 12.2. The van der Waals surface area contributed by atoms with E-state index < -0.39 is 11.9 Å². The predicted octanol–water partition coefficient (Wildman–Crippen LogP) is 2.90. The Labute approximate surface area is 159 Å². The largest absolute Gasteiger partial charge is 0.488 e. The fourth-order valence-electron chi connectivity index (χ4n) is 2.57. The summed E-state index contributed by atoms with van der Waals surface area (Å²) in [5, 5.41) is 9.48. The summed E-state index contributed by atoms with van der Waals surface area (Å²) in [6.07, 6.45) is 1.70. The number of carbonyl (C=O) groups excluding carboxylic acids is 2. The van der Waals surface area contributed by atoms with Gasteiger partial charge in [-0.1, -0.05) is 18.2 Å². The Morgan fingerprint density at radius 1 is 1.30 bits per heavy atom. The second-order valence-corrected chi connectivity index (χ2v) is 6.61. The average molecular weight is 384 g/mol. The summed E-state index contributed by atoms with van der Waals surface area (Å²) in [5.74, 6) is -0.500. The van der Waals surface area contributed by atoms with E-state index in [1.807, 2.05) is 30.3 Å². The van der Waals surface area contributed by atoms with E-state index in [4.69, 9.17) is 19.9 Å². The van der Waals surface area contributed by atoms with Crippen molar-refractivity contribution in [2.24, 2.45) is 0 Å². The Hall–Kier alpha value is -3.31. The number of anilines is 1. The number of nitriles is 1. The van der Waals surface area contributed by atoms with E-state index >= 15 is 0 Å². The third-order valence-electron chi connectivity index (χ3n) is 3.85. The molecule has 0 radical (unpaired) electrons. The summed E-state index contributed by atoms with van der Waals surface area (Å²) in [7, 11) is 0. The molecule has 3 rings (SSSR count). The number of benzene rings is 1. The van der Waals surface area contributed by atoms with Crippen LogP contribution < -0.4 is 10.5 Å². The fourth-order valence-corrected chi connectivity index (χ4v) is 3.49. The fraction of sp³-hybridized carbons (Fsp3) is 0.211. The number of fused-ring (bicyclic) bond motifs is 1. The number of nitrogens with zero attached hydrogens (tertiary/aromatic N) is 1. The second kappa shape index (κ2) is 7.93. The quantitative estimate of drug-likeness (QED) is 0.789. The molecule has 1 aromatic heterocycles. The monoisotopic (exact) mass is 384 g/mol. The van der Waals surface area contributed by atoms with Crippen LogP contribution in [0.5, 0.6) is 5.75 Å². The zero-order valence-corrected chi connectivity index (χ0v) is 15.3. The van der Waals surface area contributed by atoms with Crippen LogP contribution in [-0.2, 0) is 20.9 Å². The van der Waals surface area contributed by atoms with E-state index in [1.54, 1.807) is 13.0 Å². The molecule has 0 unspecified atom stereocenters. The summed E-state index contributed by atoms with van der Waals surface area (Å²) < 4.78 is 15.8. The Bertz CT molecular complexity index is 971. The Morgan fingerprint density at radius 2 is 2.07 bits per heavy atom. The summed E-state index contributed by atoms with van der Waals surface area (Å²) >= 11 is 0.942. The van der Waals surface area contributed by atoms with Crippen LogP contribution in [0.4, 0.5) is 5.00 Å². The lowest BCUT2D eigenvalue weighted by molar-refractivity contribution is -0.140. The Morgan fingerprint density at radius 3 is 2.81 bits per heavy atom. The summed E-state index contributed by atoms with van der Waals surface area (Å²) in [6, 6.07) is 9.27. The number of hydrogen-bond donors (Lipinski definition) is 1. The van der Waals surface area contributed by atoms with E-state index in [1.165, 1.54) is 0 Å². The smallest absolute Gasteiger partial charge is 0.348 e. The van der Waals surface area contributed by atoms with Crippen molar-refractivity contribution in [2.45, 2.75) is 13.5 Å². The lowest BCUT2D eigenvalue weighted by atomic mass is 10.1. The molecule has 0 aliphatic carbocycles. The Kier molecular flexibility index (Phi) is 5.43.